The molecule has 0 radical (unpaired) electrons. The van der Waals surface area contributed by atoms with Gasteiger partial charge in [-0.05, 0) is 12.1 Å². The predicted molar refractivity (Wildman–Crippen MR) is 63.8 cm³/mol. The van der Waals surface area contributed by atoms with Crippen LogP contribution in [0.15, 0.2) is 55.0 Å². The second kappa shape index (κ2) is 4.17. The molecule has 0 fully saturated rings. The fraction of sp³-hybridized carbons (Fsp3) is 0. The molecular formula is C13H9N3O. The van der Waals surface area contributed by atoms with E-state index in [9.17, 15) is 0 Å². The molecule has 0 unspecified atom stereocenters. The fourth-order valence-corrected chi connectivity index (χ4v) is 1.55. The lowest BCUT2D eigenvalue weighted by molar-refractivity contribution is 0.486. The Balaban J connectivity index is 2.06. The van der Waals surface area contributed by atoms with Gasteiger partial charge >= 0.3 is 0 Å². The molecule has 0 aliphatic rings. The van der Waals surface area contributed by atoms with Crippen molar-refractivity contribution in [2.24, 2.45) is 0 Å². The van der Waals surface area contributed by atoms with Gasteiger partial charge in [0.25, 0.3) is 0 Å². The molecule has 0 atom stereocenters. The minimum Gasteiger partial charge on any atom is -0.455 e. The summed E-state index contributed by atoms with van der Waals surface area (Å²) < 4.78 is 5.75. The van der Waals surface area contributed by atoms with Crippen molar-refractivity contribution in [3.63, 3.8) is 0 Å². The second-order valence-corrected chi connectivity index (χ2v) is 3.45. The smallest absolute Gasteiger partial charge is 0.182 e. The number of hydrogen-bond acceptors (Lipinski definition) is 4. The summed E-state index contributed by atoms with van der Waals surface area (Å²) in [6.07, 6.45) is 4.90. The van der Waals surface area contributed by atoms with Gasteiger partial charge in [-0.15, -0.1) is 0 Å². The topological polar surface area (TPSA) is 47.9 Å². The third-order valence-corrected chi connectivity index (χ3v) is 2.31. The van der Waals surface area contributed by atoms with Crippen LogP contribution in [0, 0.1) is 0 Å². The van der Waals surface area contributed by atoms with Gasteiger partial charge in [0.15, 0.2) is 16.9 Å². The number of pyridine rings is 1. The van der Waals surface area contributed by atoms with Gasteiger partial charge in [0.05, 0.1) is 0 Å². The van der Waals surface area contributed by atoms with E-state index >= 15 is 0 Å². The Hall–Kier alpha value is -2.49. The monoisotopic (exact) mass is 223 g/mol. The lowest BCUT2D eigenvalue weighted by Crippen LogP contribution is -1.91. The first-order valence-electron chi connectivity index (χ1n) is 5.22. The van der Waals surface area contributed by atoms with E-state index in [1.807, 2.05) is 30.3 Å². The van der Waals surface area contributed by atoms with Crippen LogP contribution in [0.3, 0.4) is 0 Å². The number of ether oxygens (including phenoxy) is 1. The molecule has 0 bridgehead atoms. The van der Waals surface area contributed by atoms with Crippen LogP contribution in [0.5, 0.6) is 11.5 Å². The van der Waals surface area contributed by atoms with Crippen molar-refractivity contribution in [1.29, 1.82) is 0 Å². The minimum atomic E-state index is 0.584. The van der Waals surface area contributed by atoms with Crippen molar-refractivity contribution in [3.8, 4) is 11.5 Å². The van der Waals surface area contributed by atoms with E-state index in [0.717, 1.165) is 5.75 Å². The Morgan fingerprint density at radius 1 is 0.765 bits per heavy atom. The number of fused-ring (bicyclic) bond motifs is 1. The van der Waals surface area contributed by atoms with Crippen LogP contribution in [0.25, 0.3) is 11.2 Å². The Bertz CT molecular complexity index is 635. The molecule has 0 saturated carbocycles. The predicted octanol–water partition coefficient (Wildman–Crippen LogP) is 2.82. The summed E-state index contributed by atoms with van der Waals surface area (Å²) in [5.74, 6) is 1.43. The van der Waals surface area contributed by atoms with E-state index in [1.54, 1.807) is 24.7 Å². The molecule has 2 heterocycles. The highest BCUT2D eigenvalue weighted by Crippen LogP contribution is 2.25. The van der Waals surface area contributed by atoms with Crippen LogP contribution in [0.4, 0.5) is 0 Å². The number of benzene rings is 1. The van der Waals surface area contributed by atoms with Crippen molar-refractivity contribution in [2.75, 3.05) is 0 Å². The van der Waals surface area contributed by atoms with Gasteiger partial charge in [0, 0.05) is 24.7 Å². The quantitative estimate of drug-likeness (QED) is 0.670. The SMILES string of the molecule is c1ccc(Oc2ccnc3nccnc23)cc1. The van der Waals surface area contributed by atoms with E-state index in [1.165, 1.54) is 0 Å². The molecule has 1 aromatic carbocycles. The molecule has 0 aliphatic carbocycles. The Morgan fingerprint density at radius 3 is 2.41 bits per heavy atom. The van der Waals surface area contributed by atoms with Gasteiger partial charge in [0.2, 0.25) is 0 Å². The molecule has 17 heavy (non-hydrogen) atoms. The number of hydrogen-bond donors (Lipinski definition) is 0. The van der Waals surface area contributed by atoms with Gasteiger partial charge in [-0.3, -0.25) is 0 Å². The van der Waals surface area contributed by atoms with Crippen molar-refractivity contribution >= 4 is 11.2 Å². The molecule has 0 spiro atoms. The van der Waals surface area contributed by atoms with E-state index in [0.29, 0.717) is 16.9 Å². The zero-order chi connectivity index (χ0) is 11.5. The van der Waals surface area contributed by atoms with Crippen LogP contribution >= 0.6 is 0 Å². The molecule has 0 aliphatic heterocycles. The maximum absolute atomic E-state index is 5.75. The highest BCUT2D eigenvalue weighted by atomic mass is 16.5. The molecule has 4 nitrogen and oxygen atoms in total. The summed E-state index contributed by atoms with van der Waals surface area (Å²) >= 11 is 0. The second-order valence-electron chi connectivity index (χ2n) is 3.45. The number of para-hydroxylation sites is 1. The lowest BCUT2D eigenvalue weighted by atomic mass is 10.3. The third kappa shape index (κ3) is 1.92. The number of aromatic nitrogens is 3. The molecule has 82 valence electrons. The molecule has 3 aromatic rings. The minimum absolute atomic E-state index is 0.584. The van der Waals surface area contributed by atoms with Crippen molar-refractivity contribution < 1.29 is 4.74 Å². The average molecular weight is 223 g/mol. The number of rotatable bonds is 2. The Labute approximate surface area is 97.9 Å². The van der Waals surface area contributed by atoms with Crippen LogP contribution in [-0.4, -0.2) is 15.0 Å². The van der Waals surface area contributed by atoms with Gasteiger partial charge in [-0.2, -0.15) is 0 Å². The molecule has 0 N–H and O–H groups in total. The molecule has 0 saturated heterocycles. The van der Waals surface area contributed by atoms with Gasteiger partial charge in [-0.25, -0.2) is 15.0 Å². The average Bonchev–Trinajstić information content (AvgIpc) is 2.40. The van der Waals surface area contributed by atoms with Crippen LogP contribution < -0.4 is 4.74 Å². The highest BCUT2D eigenvalue weighted by molar-refractivity contribution is 5.76. The standard InChI is InChI=1S/C13H9N3O/c1-2-4-10(5-3-1)17-11-6-7-15-13-12(11)14-8-9-16-13/h1-9H. The molecule has 2 aromatic heterocycles. The maximum Gasteiger partial charge on any atom is 0.182 e. The van der Waals surface area contributed by atoms with Crippen molar-refractivity contribution in [3.05, 3.63) is 55.0 Å². The zero-order valence-electron chi connectivity index (χ0n) is 8.95. The third-order valence-electron chi connectivity index (χ3n) is 2.31. The summed E-state index contributed by atoms with van der Waals surface area (Å²) in [6.45, 7) is 0. The van der Waals surface area contributed by atoms with Gasteiger partial charge in [0.1, 0.15) is 5.75 Å². The van der Waals surface area contributed by atoms with E-state index < -0.39 is 0 Å². The first kappa shape index (κ1) is 9.72. The molecule has 0 amide bonds. The van der Waals surface area contributed by atoms with Gasteiger partial charge in [-0.1, -0.05) is 18.2 Å². The lowest BCUT2D eigenvalue weighted by Gasteiger charge is -2.06. The van der Waals surface area contributed by atoms with E-state index in [4.69, 9.17) is 4.74 Å². The molecule has 4 heteroatoms. The van der Waals surface area contributed by atoms with Crippen molar-refractivity contribution in [1.82, 2.24) is 15.0 Å². The largest absolute Gasteiger partial charge is 0.455 e. The summed E-state index contributed by atoms with van der Waals surface area (Å²) in [6, 6.07) is 11.3. The first-order chi connectivity index (χ1) is 8.43. The highest BCUT2D eigenvalue weighted by Gasteiger charge is 2.05. The van der Waals surface area contributed by atoms with Gasteiger partial charge < -0.3 is 4.74 Å². The zero-order valence-corrected chi connectivity index (χ0v) is 8.95. The Kier molecular flexibility index (Phi) is 2.38. The summed E-state index contributed by atoms with van der Waals surface area (Å²) in [5, 5.41) is 0. The summed E-state index contributed by atoms with van der Waals surface area (Å²) in [4.78, 5) is 12.5. The Morgan fingerprint density at radius 2 is 1.53 bits per heavy atom. The van der Waals surface area contributed by atoms with Crippen LogP contribution in [0.2, 0.25) is 0 Å². The van der Waals surface area contributed by atoms with E-state index in [-0.39, 0.29) is 0 Å². The van der Waals surface area contributed by atoms with E-state index in [2.05, 4.69) is 15.0 Å². The normalized spacial score (nSPS) is 10.4. The molecule has 3 rings (SSSR count). The van der Waals surface area contributed by atoms with Crippen LogP contribution in [0.1, 0.15) is 0 Å². The maximum atomic E-state index is 5.75. The van der Waals surface area contributed by atoms with Crippen LogP contribution in [-0.2, 0) is 0 Å². The fourth-order valence-electron chi connectivity index (χ4n) is 1.55. The summed E-state index contributed by atoms with van der Waals surface area (Å²) in [7, 11) is 0. The summed E-state index contributed by atoms with van der Waals surface area (Å²) in [5.41, 5.74) is 1.25. The molecular weight excluding hydrogens is 214 g/mol. The number of nitrogens with zero attached hydrogens (tertiary/aromatic N) is 3. The first-order valence-corrected chi connectivity index (χ1v) is 5.22. The van der Waals surface area contributed by atoms with Crippen molar-refractivity contribution in [2.45, 2.75) is 0 Å².